The summed E-state index contributed by atoms with van der Waals surface area (Å²) in [6.07, 6.45) is 0.504. The standard InChI is InChI=1S/C26H33N5O4/c1-3-29(17-20-11-6-4-7-12-20)19-22(32)30(15-10-16-35-2)23-24(27)31(26(34)28-25(23)33)18-21-13-8-5-9-14-21/h4-9,11-14H,3,10,15-19,27H2,1-2H3,(H,28,33,34). The molecule has 0 radical (unpaired) electrons. The summed E-state index contributed by atoms with van der Waals surface area (Å²) in [4.78, 5) is 44.7. The lowest BCUT2D eigenvalue weighted by Gasteiger charge is -2.28. The Morgan fingerprint density at radius 2 is 1.66 bits per heavy atom. The first-order chi connectivity index (χ1) is 16.9. The molecule has 0 saturated carbocycles. The number of methoxy groups -OCH3 is 1. The molecule has 0 bridgehead atoms. The Kier molecular flexibility index (Phi) is 9.39. The van der Waals surface area contributed by atoms with Gasteiger partial charge in [-0.1, -0.05) is 67.6 Å². The molecule has 0 fully saturated rings. The molecule has 0 aliphatic rings. The first-order valence-corrected chi connectivity index (χ1v) is 11.7. The number of aromatic amines is 1. The molecule has 9 nitrogen and oxygen atoms in total. The third-order valence-electron chi connectivity index (χ3n) is 5.75. The van der Waals surface area contributed by atoms with Crippen LogP contribution in [0.25, 0.3) is 0 Å². The Bertz CT molecular complexity index is 1210. The predicted molar refractivity (Wildman–Crippen MR) is 138 cm³/mol. The van der Waals surface area contributed by atoms with Crippen molar-refractivity contribution in [3.8, 4) is 0 Å². The summed E-state index contributed by atoms with van der Waals surface area (Å²) < 4.78 is 6.43. The van der Waals surface area contributed by atoms with Gasteiger partial charge in [0.15, 0.2) is 5.69 Å². The molecular weight excluding hydrogens is 446 g/mol. The summed E-state index contributed by atoms with van der Waals surface area (Å²) in [5.74, 6) is -0.319. The first-order valence-electron chi connectivity index (χ1n) is 11.7. The SMILES string of the molecule is CCN(CC(=O)N(CCCOC)c1c(N)n(Cc2ccccc2)c(=O)[nH]c1=O)Cc1ccccc1. The van der Waals surface area contributed by atoms with Crippen LogP contribution in [-0.2, 0) is 22.6 Å². The summed E-state index contributed by atoms with van der Waals surface area (Å²) in [5.41, 5.74) is 6.97. The van der Waals surface area contributed by atoms with Crippen LogP contribution >= 0.6 is 0 Å². The average molecular weight is 480 g/mol. The number of rotatable bonds is 12. The van der Waals surface area contributed by atoms with Gasteiger partial charge in [-0.3, -0.25) is 24.0 Å². The van der Waals surface area contributed by atoms with Gasteiger partial charge in [0.25, 0.3) is 5.56 Å². The third kappa shape index (κ3) is 6.91. The Morgan fingerprint density at radius 1 is 1.03 bits per heavy atom. The summed E-state index contributed by atoms with van der Waals surface area (Å²) in [5, 5.41) is 0. The Hall–Kier alpha value is -3.69. The molecule has 0 saturated heterocycles. The van der Waals surface area contributed by atoms with Gasteiger partial charge in [0.05, 0.1) is 13.1 Å². The molecule has 1 amide bonds. The number of anilines is 2. The highest BCUT2D eigenvalue weighted by Gasteiger charge is 2.25. The minimum Gasteiger partial charge on any atom is -0.385 e. The van der Waals surface area contributed by atoms with Crippen LogP contribution in [0.1, 0.15) is 24.5 Å². The molecule has 3 rings (SSSR count). The highest BCUT2D eigenvalue weighted by atomic mass is 16.5. The van der Waals surface area contributed by atoms with E-state index < -0.39 is 11.2 Å². The maximum Gasteiger partial charge on any atom is 0.330 e. The quantitative estimate of drug-likeness (QED) is 0.385. The maximum absolute atomic E-state index is 13.5. The lowest BCUT2D eigenvalue weighted by molar-refractivity contribution is -0.119. The number of ether oxygens (including phenoxy) is 1. The number of nitrogen functional groups attached to an aromatic ring is 1. The minimum atomic E-state index is -0.686. The minimum absolute atomic E-state index is 0.0163. The zero-order valence-corrected chi connectivity index (χ0v) is 20.3. The second-order valence-electron chi connectivity index (χ2n) is 8.25. The predicted octanol–water partition coefficient (Wildman–Crippen LogP) is 2.06. The number of nitrogens with zero attached hydrogens (tertiary/aromatic N) is 3. The van der Waals surface area contributed by atoms with Gasteiger partial charge in [-0.25, -0.2) is 4.79 Å². The van der Waals surface area contributed by atoms with E-state index in [4.69, 9.17) is 10.5 Å². The largest absolute Gasteiger partial charge is 0.385 e. The Balaban J connectivity index is 1.93. The second kappa shape index (κ2) is 12.7. The van der Waals surface area contributed by atoms with E-state index in [-0.39, 0.29) is 37.0 Å². The van der Waals surface area contributed by atoms with Gasteiger partial charge in [0.1, 0.15) is 5.82 Å². The topological polar surface area (TPSA) is 114 Å². The summed E-state index contributed by atoms with van der Waals surface area (Å²) in [6, 6.07) is 19.2. The fraction of sp³-hybridized carbons (Fsp3) is 0.346. The van der Waals surface area contributed by atoms with Crippen LogP contribution < -0.4 is 21.9 Å². The van der Waals surface area contributed by atoms with E-state index in [2.05, 4.69) is 4.98 Å². The van der Waals surface area contributed by atoms with Crippen molar-refractivity contribution >= 4 is 17.4 Å². The smallest absolute Gasteiger partial charge is 0.330 e. The fourth-order valence-corrected chi connectivity index (χ4v) is 3.89. The molecule has 0 aliphatic heterocycles. The number of carbonyl (C=O) groups excluding carboxylic acids is 1. The highest BCUT2D eigenvalue weighted by molar-refractivity contribution is 5.96. The molecular formula is C26H33N5O4. The van der Waals surface area contributed by atoms with Crippen molar-refractivity contribution in [1.29, 1.82) is 0 Å². The van der Waals surface area contributed by atoms with Crippen molar-refractivity contribution in [1.82, 2.24) is 14.5 Å². The van der Waals surface area contributed by atoms with E-state index in [1.54, 1.807) is 7.11 Å². The van der Waals surface area contributed by atoms with Gasteiger partial charge in [-0.2, -0.15) is 0 Å². The van der Waals surface area contributed by atoms with Crippen LogP contribution in [0.5, 0.6) is 0 Å². The van der Waals surface area contributed by atoms with E-state index in [1.165, 1.54) is 9.47 Å². The van der Waals surface area contributed by atoms with Gasteiger partial charge >= 0.3 is 5.69 Å². The number of amides is 1. The van der Waals surface area contributed by atoms with Crippen LogP contribution in [0, 0.1) is 0 Å². The van der Waals surface area contributed by atoms with E-state index in [0.29, 0.717) is 26.1 Å². The monoisotopic (exact) mass is 479 g/mol. The molecule has 35 heavy (non-hydrogen) atoms. The molecule has 0 spiro atoms. The van der Waals surface area contributed by atoms with Crippen LogP contribution in [-0.4, -0.2) is 53.7 Å². The van der Waals surface area contributed by atoms with Gasteiger partial charge in [-0.05, 0) is 24.1 Å². The van der Waals surface area contributed by atoms with Gasteiger partial charge in [0, 0.05) is 26.8 Å². The third-order valence-corrected chi connectivity index (χ3v) is 5.75. The number of H-pyrrole nitrogens is 1. The van der Waals surface area contributed by atoms with Crippen LogP contribution in [0.15, 0.2) is 70.3 Å². The van der Waals surface area contributed by atoms with Crippen LogP contribution in [0.2, 0.25) is 0 Å². The number of hydrogen-bond donors (Lipinski definition) is 2. The first kappa shape index (κ1) is 25.9. The lowest BCUT2D eigenvalue weighted by atomic mass is 10.2. The van der Waals surface area contributed by atoms with Gasteiger partial charge in [0.2, 0.25) is 5.91 Å². The number of hydrogen-bond acceptors (Lipinski definition) is 6. The number of nitrogens with two attached hydrogens (primary N) is 1. The molecule has 3 N–H and O–H groups in total. The zero-order chi connectivity index (χ0) is 25.2. The number of carbonyl (C=O) groups is 1. The second-order valence-corrected chi connectivity index (χ2v) is 8.25. The molecule has 0 aliphatic carbocycles. The molecule has 9 heteroatoms. The molecule has 186 valence electrons. The molecule has 1 aromatic heterocycles. The molecule has 3 aromatic rings. The Labute approximate surface area is 204 Å². The van der Waals surface area contributed by atoms with Crippen molar-refractivity contribution in [3.05, 3.63) is 92.6 Å². The Morgan fingerprint density at radius 3 is 2.26 bits per heavy atom. The summed E-state index contributed by atoms with van der Waals surface area (Å²) in [7, 11) is 1.58. The lowest BCUT2D eigenvalue weighted by Crippen LogP contribution is -2.45. The van der Waals surface area contributed by atoms with Crippen molar-refractivity contribution in [2.24, 2.45) is 0 Å². The van der Waals surface area contributed by atoms with Crippen molar-refractivity contribution in [2.45, 2.75) is 26.4 Å². The number of nitrogens with one attached hydrogen (secondary N) is 1. The number of likely N-dealkylation sites (N-methyl/N-ethyl adjacent to an activating group) is 1. The van der Waals surface area contributed by atoms with E-state index >= 15 is 0 Å². The highest BCUT2D eigenvalue weighted by Crippen LogP contribution is 2.19. The van der Waals surface area contributed by atoms with Crippen molar-refractivity contribution in [3.63, 3.8) is 0 Å². The van der Waals surface area contributed by atoms with E-state index in [9.17, 15) is 14.4 Å². The van der Waals surface area contributed by atoms with E-state index in [0.717, 1.165) is 11.1 Å². The maximum atomic E-state index is 13.5. The van der Waals surface area contributed by atoms with Crippen LogP contribution in [0.3, 0.4) is 0 Å². The van der Waals surface area contributed by atoms with Crippen LogP contribution in [0.4, 0.5) is 11.5 Å². The fourth-order valence-electron chi connectivity index (χ4n) is 3.89. The van der Waals surface area contributed by atoms with Crippen molar-refractivity contribution < 1.29 is 9.53 Å². The molecule has 0 unspecified atom stereocenters. The molecule has 2 aromatic carbocycles. The number of benzene rings is 2. The molecule has 1 heterocycles. The van der Waals surface area contributed by atoms with Gasteiger partial charge < -0.3 is 15.4 Å². The summed E-state index contributed by atoms with van der Waals surface area (Å²) in [6.45, 7) is 4.12. The number of aromatic nitrogens is 2. The average Bonchev–Trinajstić information content (AvgIpc) is 2.86. The molecule has 0 atom stereocenters. The summed E-state index contributed by atoms with van der Waals surface area (Å²) >= 11 is 0. The zero-order valence-electron chi connectivity index (χ0n) is 20.3. The van der Waals surface area contributed by atoms with Crippen molar-refractivity contribution in [2.75, 3.05) is 44.0 Å². The van der Waals surface area contributed by atoms with Gasteiger partial charge in [-0.15, -0.1) is 0 Å². The van der Waals surface area contributed by atoms with E-state index in [1.807, 2.05) is 72.5 Å². The normalized spacial score (nSPS) is 11.1.